The molecule has 0 heterocycles. The van der Waals surface area contributed by atoms with Crippen LogP contribution in [0.3, 0.4) is 0 Å². The highest BCUT2D eigenvalue weighted by Crippen LogP contribution is 2.67. The molecule has 5 nitrogen and oxygen atoms in total. The molecule has 0 aromatic heterocycles. The van der Waals surface area contributed by atoms with Crippen LogP contribution in [0.4, 0.5) is 0 Å². The van der Waals surface area contributed by atoms with Crippen molar-refractivity contribution in [3.8, 4) is 0 Å². The molecule has 8 atom stereocenters. The van der Waals surface area contributed by atoms with Gasteiger partial charge in [0, 0.05) is 19.1 Å². The third-order valence-corrected chi connectivity index (χ3v) is 11.1. The van der Waals surface area contributed by atoms with Crippen LogP contribution in [0.2, 0.25) is 0 Å². The second-order valence-corrected chi connectivity index (χ2v) is 13.1. The lowest BCUT2D eigenvalue weighted by Gasteiger charge is -2.58. The SMILES string of the molecule is C[C@H](CCCC(=O)N=CCCCCC(=O)O)[C@H]1CCC2C3CC=C4CC(O)CC[C@]4(C)C3CC[C@@]21C. The predicted molar refractivity (Wildman–Crippen MR) is 144 cm³/mol. The third-order valence-electron chi connectivity index (χ3n) is 11.1. The minimum atomic E-state index is -0.767. The van der Waals surface area contributed by atoms with Gasteiger partial charge in [0.15, 0.2) is 0 Å². The number of hydrogen-bond donors (Lipinski definition) is 2. The van der Waals surface area contributed by atoms with Crippen LogP contribution < -0.4 is 0 Å². The summed E-state index contributed by atoms with van der Waals surface area (Å²) in [5, 5.41) is 18.9. The molecule has 2 N–H and O–H groups in total. The predicted octanol–water partition coefficient (Wildman–Crippen LogP) is 6.98. The molecule has 4 unspecified atom stereocenters. The Bertz CT molecular complexity index is 865. The van der Waals surface area contributed by atoms with Gasteiger partial charge in [-0.25, -0.2) is 4.99 Å². The smallest absolute Gasteiger partial charge is 0.303 e. The summed E-state index contributed by atoms with van der Waals surface area (Å²) >= 11 is 0. The standard InChI is InChI=1S/C31H49NO4/c1-21(8-7-9-28(34)32-19-6-4-5-10-29(35)36)25-13-14-26-24-12-11-22-20-23(33)15-17-30(22,2)27(24)16-18-31(25,26)3/h11,19,21,23-27,33H,4-10,12-18,20H2,1-3H3,(H,35,36)/t21-,23?,24?,25-,26?,27?,30+,31-/m1/s1. The molecule has 202 valence electrons. The molecule has 3 fully saturated rings. The summed E-state index contributed by atoms with van der Waals surface area (Å²) in [7, 11) is 0. The number of hydrogen-bond acceptors (Lipinski definition) is 3. The average Bonchev–Trinajstić information content (AvgIpc) is 3.19. The van der Waals surface area contributed by atoms with E-state index in [0.717, 1.165) is 62.2 Å². The first kappa shape index (κ1) is 27.5. The van der Waals surface area contributed by atoms with Crippen molar-refractivity contribution in [2.75, 3.05) is 0 Å². The Labute approximate surface area is 218 Å². The summed E-state index contributed by atoms with van der Waals surface area (Å²) in [6.45, 7) is 7.52. The third kappa shape index (κ3) is 5.66. The number of nitrogens with zero attached hydrogens (tertiary/aromatic N) is 1. The van der Waals surface area contributed by atoms with E-state index >= 15 is 0 Å². The minimum Gasteiger partial charge on any atom is -0.481 e. The quantitative estimate of drug-likeness (QED) is 0.193. The van der Waals surface area contributed by atoms with Gasteiger partial charge in [-0.05, 0) is 124 Å². The molecular weight excluding hydrogens is 450 g/mol. The molecule has 36 heavy (non-hydrogen) atoms. The van der Waals surface area contributed by atoms with Crippen LogP contribution in [0.25, 0.3) is 0 Å². The van der Waals surface area contributed by atoms with E-state index in [9.17, 15) is 14.7 Å². The number of aliphatic hydroxyl groups is 1. The van der Waals surface area contributed by atoms with E-state index in [1.54, 1.807) is 11.8 Å². The van der Waals surface area contributed by atoms with Gasteiger partial charge in [0.2, 0.25) is 5.91 Å². The van der Waals surface area contributed by atoms with Crippen LogP contribution in [0.1, 0.15) is 117 Å². The highest BCUT2D eigenvalue weighted by molar-refractivity contribution is 5.84. The van der Waals surface area contributed by atoms with Crippen molar-refractivity contribution in [2.24, 2.45) is 45.4 Å². The van der Waals surface area contributed by atoms with E-state index < -0.39 is 5.97 Å². The summed E-state index contributed by atoms with van der Waals surface area (Å²) in [4.78, 5) is 26.8. The van der Waals surface area contributed by atoms with Crippen molar-refractivity contribution < 1.29 is 19.8 Å². The van der Waals surface area contributed by atoms with Crippen LogP contribution in [0.15, 0.2) is 16.6 Å². The van der Waals surface area contributed by atoms with Gasteiger partial charge < -0.3 is 10.2 Å². The highest BCUT2D eigenvalue weighted by atomic mass is 16.4. The van der Waals surface area contributed by atoms with Crippen molar-refractivity contribution >= 4 is 18.1 Å². The Morgan fingerprint density at radius 1 is 1.08 bits per heavy atom. The Balaban J connectivity index is 1.27. The summed E-state index contributed by atoms with van der Waals surface area (Å²) in [6, 6.07) is 0. The monoisotopic (exact) mass is 499 g/mol. The van der Waals surface area contributed by atoms with Crippen LogP contribution >= 0.6 is 0 Å². The van der Waals surface area contributed by atoms with Gasteiger partial charge in [-0.15, -0.1) is 0 Å². The van der Waals surface area contributed by atoms with Crippen LogP contribution in [0, 0.1) is 40.4 Å². The van der Waals surface area contributed by atoms with Crippen LogP contribution in [-0.2, 0) is 9.59 Å². The van der Waals surface area contributed by atoms with E-state index in [0.29, 0.717) is 36.0 Å². The van der Waals surface area contributed by atoms with Crippen molar-refractivity contribution in [1.82, 2.24) is 0 Å². The number of aliphatic hydroxyl groups excluding tert-OH is 1. The zero-order chi connectivity index (χ0) is 25.9. The lowest BCUT2D eigenvalue weighted by molar-refractivity contribution is -0.137. The lowest BCUT2D eigenvalue weighted by Crippen LogP contribution is -2.50. The number of rotatable bonds is 10. The average molecular weight is 500 g/mol. The number of unbranched alkanes of at least 4 members (excludes halogenated alkanes) is 2. The topological polar surface area (TPSA) is 87.0 Å². The van der Waals surface area contributed by atoms with E-state index in [2.05, 4.69) is 31.8 Å². The number of carboxylic acid groups (broad SMARTS) is 1. The largest absolute Gasteiger partial charge is 0.481 e. The summed E-state index contributed by atoms with van der Waals surface area (Å²) in [5.74, 6) is 3.00. The molecule has 1 amide bonds. The van der Waals surface area contributed by atoms with Gasteiger partial charge in [-0.1, -0.05) is 32.4 Å². The van der Waals surface area contributed by atoms with Crippen molar-refractivity contribution in [3.63, 3.8) is 0 Å². The summed E-state index contributed by atoms with van der Waals surface area (Å²) in [5.41, 5.74) is 2.29. The zero-order valence-electron chi connectivity index (χ0n) is 22.9. The number of allylic oxidation sites excluding steroid dienone is 1. The van der Waals surface area contributed by atoms with Gasteiger partial charge in [0.05, 0.1) is 6.10 Å². The van der Waals surface area contributed by atoms with Crippen LogP contribution in [0.5, 0.6) is 0 Å². The molecule has 3 saturated carbocycles. The number of amides is 1. The molecule has 0 radical (unpaired) electrons. The molecule has 4 aliphatic carbocycles. The molecule has 0 saturated heterocycles. The first-order chi connectivity index (χ1) is 17.1. The number of carbonyl (C=O) groups excluding carboxylic acids is 1. The first-order valence-electron chi connectivity index (χ1n) is 14.8. The fraction of sp³-hybridized carbons (Fsp3) is 0.839. The van der Waals surface area contributed by atoms with Gasteiger partial charge in [-0.2, -0.15) is 0 Å². The molecule has 5 heteroatoms. The number of aliphatic carboxylic acids is 1. The molecule has 0 aromatic rings. The number of aliphatic imine (C=N–C) groups is 1. The van der Waals surface area contributed by atoms with Crippen molar-refractivity contribution in [1.29, 1.82) is 0 Å². The van der Waals surface area contributed by atoms with Gasteiger partial charge in [-0.3, -0.25) is 9.59 Å². The Morgan fingerprint density at radius 2 is 1.89 bits per heavy atom. The van der Waals surface area contributed by atoms with Gasteiger partial charge >= 0.3 is 5.97 Å². The Kier molecular flexibility index (Phi) is 8.79. The number of carbonyl (C=O) groups is 2. The molecule has 0 aliphatic heterocycles. The zero-order valence-corrected chi connectivity index (χ0v) is 22.9. The molecule has 4 rings (SSSR count). The van der Waals surface area contributed by atoms with Crippen LogP contribution in [-0.4, -0.2) is 34.4 Å². The fourth-order valence-corrected chi connectivity index (χ4v) is 9.14. The Morgan fingerprint density at radius 3 is 2.67 bits per heavy atom. The highest BCUT2D eigenvalue weighted by Gasteiger charge is 2.59. The lowest BCUT2D eigenvalue weighted by atomic mass is 9.47. The van der Waals surface area contributed by atoms with Crippen molar-refractivity contribution in [2.45, 2.75) is 123 Å². The van der Waals surface area contributed by atoms with E-state index in [1.165, 1.54) is 32.1 Å². The minimum absolute atomic E-state index is 0.0351. The second-order valence-electron chi connectivity index (χ2n) is 13.1. The molecule has 4 aliphatic rings. The number of carboxylic acids is 1. The summed E-state index contributed by atoms with van der Waals surface area (Å²) in [6.07, 6.45) is 18.5. The van der Waals surface area contributed by atoms with E-state index in [4.69, 9.17) is 5.11 Å². The molecule has 0 spiro atoms. The van der Waals surface area contributed by atoms with E-state index in [-0.39, 0.29) is 18.4 Å². The fourth-order valence-electron chi connectivity index (χ4n) is 9.14. The molecule has 0 aromatic carbocycles. The number of fused-ring (bicyclic) bond motifs is 5. The maximum absolute atomic E-state index is 12.2. The maximum Gasteiger partial charge on any atom is 0.303 e. The Hall–Kier alpha value is -1.49. The maximum atomic E-state index is 12.2. The summed E-state index contributed by atoms with van der Waals surface area (Å²) < 4.78 is 0. The first-order valence-corrected chi connectivity index (χ1v) is 14.8. The van der Waals surface area contributed by atoms with Crippen molar-refractivity contribution in [3.05, 3.63) is 11.6 Å². The molecular formula is C31H49NO4. The molecule has 0 bridgehead atoms. The second kappa shape index (κ2) is 11.5. The normalized spacial score (nSPS) is 38.7. The van der Waals surface area contributed by atoms with Gasteiger partial charge in [0.1, 0.15) is 0 Å². The van der Waals surface area contributed by atoms with Gasteiger partial charge in [0.25, 0.3) is 0 Å². The van der Waals surface area contributed by atoms with E-state index in [1.807, 2.05) is 0 Å².